The normalized spacial score (nSPS) is 19.2. The van der Waals surface area contributed by atoms with Crippen LogP contribution in [-0.2, 0) is 14.3 Å². The van der Waals surface area contributed by atoms with E-state index in [2.05, 4.69) is 10.7 Å². The van der Waals surface area contributed by atoms with Gasteiger partial charge in [0.05, 0.1) is 6.26 Å². The van der Waals surface area contributed by atoms with Gasteiger partial charge in [-0.3, -0.25) is 15.0 Å². The number of furan rings is 1. The number of nitrogens with zero attached hydrogens (tertiary/aromatic N) is 1. The molecule has 1 aromatic rings. The van der Waals surface area contributed by atoms with Crippen molar-refractivity contribution in [2.75, 3.05) is 6.61 Å². The van der Waals surface area contributed by atoms with Crippen molar-refractivity contribution in [2.24, 2.45) is 0 Å². The largest absolute Gasteiger partial charge is 0.457 e. The Balaban J connectivity index is 1.55. The van der Waals surface area contributed by atoms with Crippen LogP contribution in [0.25, 0.3) is 0 Å². The third-order valence-corrected chi connectivity index (χ3v) is 4.16. The molecule has 1 aliphatic carbocycles. The van der Waals surface area contributed by atoms with Gasteiger partial charge < -0.3 is 14.5 Å². The van der Waals surface area contributed by atoms with Gasteiger partial charge in [-0.1, -0.05) is 19.3 Å². The number of carbonyl (C=O) groups is 4. The van der Waals surface area contributed by atoms with Crippen molar-refractivity contribution in [3.8, 4) is 0 Å². The predicted molar refractivity (Wildman–Crippen MR) is 78.3 cm³/mol. The highest BCUT2D eigenvalue weighted by atomic mass is 16.5. The molecule has 1 saturated carbocycles. The van der Waals surface area contributed by atoms with Gasteiger partial charge in [0.15, 0.2) is 6.61 Å². The van der Waals surface area contributed by atoms with Gasteiger partial charge in [-0.15, -0.1) is 0 Å². The van der Waals surface area contributed by atoms with E-state index in [0.29, 0.717) is 17.9 Å². The molecule has 1 saturated heterocycles. The molecule has 2 aliphatic rings. The average Bonchev–Trinajstić information content (AvgIpc) is 3.18. The maximum absolute atomic E-state index is 12.5. The molecule has 2 fully saturated rings. The third kappa shape index (κ3) is 2.97. The SMILES string of the molecule is O=C(COC(=O)c1ccco1)NN1C(=O)NC2(CCCCC2)C1=O. The van der Waals surface area contributed by atoms with Crippen LogP contribution in [0.2, 0.25) is 0 Å². The third-order valence-electron chi connectivity index (χ3n) is 4.16. The van der Waals surface area contributed by atoms with Crippen molar-refractivity contribution in [3.63, 3.8) is 0 Å². The van der Waals surface area contributed by atoms with Crippen molar-refractivity contribution >= 4 is 23.8 Å². The summed E-state index contributed by atoms with van der Waals surface area (Å²) in [5.41, 5.74) is 1.25. The molecule has 24 heavy (non-hydrogen) atoms. The number of esters is 1. The number of nitrogens with one attached hydrogen (secondary N) is 2. The average molecular weight is 335 g/mol. The smallest absolute Gasteiger partial charge is 0.374 e. The molecule has 0 unspecified atom stereocenters. The molecule has 9 nitrogen and oxygen atoms in total. The Bertz CT molecular complexity index is 663. The number of rotatable bonds is 4. The summed E-state index contributed by atoms with van der Waals surface area (Å²) in [7, 11) is 0. The van der Waals surface area contributed by atoms with Gasteiger partial charge in [0.25, 0.3) is 11.8 Å². The van der Waals surface area contributed by atoms with Gasteiger partial charge >= 0.3 is 12.0 Å². The summed E-state index contributed by atoms with van der Waals surface area (Å²) in [5.74, 6) is -2.11. The topological polar surface area (TPSA) is 118 Å². The molecule has 2 N–H and O–H groups in total. The molecule has 0 aromatic carbocycles. The zero-order valence-corrected chi connectivity index (χ0v) is 12.9. The van der Waals surface area contributed by atoms with Crippen molar-refractivity contribution in [1.29, 1.82) is 0 Å². The van der Waals surface area contributed by atoms with Gasteiger partial charge in [0, 0.05) is 0 Å². The molecule has 128 valence electrons. The fraction of sp³-hybridized carbons (Fsp3) is 0.467. The Morgan fingerprint density at radius 3 is 2.71 bits per heavy atom. The number of amides is 4. The number of urea groups is 1. The summed E-state index contributed by atoms with van der Waals surface area (Å²) >= 11 is 0. The van der Waals surface area contributed by atoms with Gasteiger partial charge in [-0.2, -0.15) is 5.01 Å². The van der Waals surface area contributed by atoms with Crippen LogP contribution >= 0.6 is 0 Å². The van der Waals surface area contributed by atoms with E-state index in [4.69, 9.17) is 9.15 Å². The lowest BCUT2D eigenvalue weighted by Crippen LogP contribution is -2.51. The summed E-state index contributed by atoms with van der Waals surface area (Å²) in [4.78, 5) is 47.8. The molecule has 4 amide bonds. The van der Waals surface area contributed by atoms with Crippen LogP contribution in [0, 0.1) is 0 Å². The molecule has 1 aliphatic heterocycles. The van der Waals surface area contributed by atoms with Gasteiger partial charge in [0.1, 0.15) is 5.54 Å². The minimum atomic E-state index is -0.923. The molecule has 9 heteroatoms. The molecule has 2 heterocycles. The molecular weight excluding hydrogens is 318 g/mol. The van der Waals surface area contributed by atoms with Crippen molar-refractivity contribution in [1.82, 2.24) is 15.8 Å². The second kappa shape index (κ2) is 6.34. The quantitative estimate of drug-likeness (QED) is 0.618. The lowest BCUT2D eigenvalue weighted by Gasteiger charge is -2.30. The van der Waals surface area contributed by atoms with Crippen LogP contribution in [0.5, 0.6) is 0 Å². The van der Waals surface area contributed by atoms with Crippen molar-refractivity contribution in [2.45, 2.75) is 37.6 Å². The highest BCUT2D eigenvalue weighted by Crippen LogP contribution is 2.32. The first-order chi connectivity index (χ1) is 11.5. The zero-order chi connectivity index (χ0) is 17.2. The molecule has 0 atom stereocenters. The van der Waals surface area contributed by atoms with Crippen LogP contribution in [0.4, 0.5) is 4.79 Å². The second-order valence-corrected chi connectivity index (χ2v) is 5.80. The molecule has 1 aromatic heterocycles. The summed E-state index contributed by atoms with van der Waals surface area (Å²) in [5, 5.41) is 3.32. The number of carbonyl (C=O) groups excluding carboxylic acids is 4. The standard InChI is InChI=1S/C15H17N3O6/c19-11(9-24-12(20)10-5-4-8-23-10)17-18-13(21)15(16-14(18)22)6-2-1-3-7-15/h4-5,8H,1-3,6-7,9H2,(H,16,22)(H,17,19). The Labute approximate surface area is 137 Å². The number of hydrogen-bond acceptors (Lipinski definition) is 6. The van der Waals surface area contributed by atoms with E-state index in [1.807, 2.05) is 0 Å². The van der Waals surface area contributed by atoms with Crippen LogP contribution in [-0.4, -0.2) is 41.0 Å². The number of ether oxygens (including phenoxy) is 1. The van der Waals surface area contributed by atoms with E-state index < -0.39 is 36.0 Å². The Kier molecular flexibility index (Phi) is 4.24. The second-order valence-electron chi connectivity index (χ2n) is 5.80. The van der Waals surface area contributed by atoms with E-state index in [9.17, 15) is 19.2 Å². The predicted octanol–water partition coefficient (Wildman–Crippen LogP) is 0.722. The highest BCUT2D eigenvalue weighted by molar-refractivity contribution is 6.08. The molecule has 1 spiro atoms. The van der Waals surface area contributed by atoms with Crippen LogP contribution in [0.3, 0.4) is 0 Å². The maximum atomic E-state index is 12.5. The van der Waals surface area contributed by atoms with E-state index >= 15 is 0 Å². The van der Waals surface area contributed by atoms with E-state index in [-0.39, 0.29) is 5.76 Å². The molecule has 0 bridgehead atoms. The summed E-state index contributed by atoms with van der Waals surface area (Å²) in [6.45, 7) is -0.635. The van der Waals surface area contributed by atoms with Crippen LogP contribution in [0.1, 0.15) is 42.7 Å². The Hall–Kier alpha value is -2.84. The van der Waals surface area contributed by atoms with Crippen LogP contribution < -0.4 is 10.7 Å². The van der Waals surface area contributed by atoms with Gasteiger partial charge in [0.2, 0.25) is 5.76 Å². The number of hydrazine groups is 1. The first kappa shape index (κ1) is 16.0. The first-order valence-electron chi connectivity index (χ1n) is 7.69. The van der Waals surface area contributed by atoms with Crippen molar-refractivity contribution in [3.05, 3.63) is 24.2 Å². The first-order valence-corrected chi connectivity index (χ1v) is 7.69. The van der Waals surface area contributed by atoms with Crippen LogP contribution in [0.15, 0.2) is 22.8 Å². The van der Waals surface area contributed by atoms with Gasteiger partial charge in [-0.25, -0.2) is 9.59 Å². The van der Waals surface area contributed by atoms with E-state index in [1.165, 1.54) is 18.4 Å². The highest BCUT2D eigenvalue weighted by Gasteiger charge is 2.52. The number of hydrogen-bond donors (Lipinski definition) is 2. The van der Waals surface area contributed by atoms with Gasteiger partial charge in [-0.05, 0) is 25.0 Å². The fourth-order valence-electron chi connectivity index (χ4n) is 2.97. The molecule has 3 rings (SSSR count). The Morgan fingerprint density at radius 1 is 1.29 bits per heavy atom. The summed E-state index contributed by atoms with van der Waals surface area (Å²) in [6.07, 6.45) is 5.10. The molecule has 0 radical (unpaired) electrons. The Morgan fingerprint density at radius 2 is 2.04 bits per heavy atom. The van der Waals surface area contributed by atoms with Crippen molar-refractivity contribution < 1.29 is 28.3 Å². The fourth-order valence-corrected chi connectivity index (χ4v) is 2.97. The lowest BCUT2D eigenvalue weighted by atomic mass is 9.82. The maximum Gasteiger partial charge on any atom is 0.374 e. The monoisotopic (exact) mass is 335 g/mol. The summed E-state index contributed by atoms with van der Waals surface area (Å²) in [6, 6.07) is 2.23. The lowest BCUT2D eigenvalue weighted by molar-refractivity contribution is -0.140. The molecular formula is C15H17N3O6. The zero-order valence-electron chi connectivity index (χ0n) is 12.9. The van der Waals surface area contributed by atoms with E-state index in [1.54, 1.807) is 0 Å². The minimum absolute atomic E-state index is 0.0426. The summed E-state index contributed by atoms with van der Waals surface area (Å²) < 4.78 is 9.59. The van der Waals surface area contributed by atoms with E-state index in [0.717, 1.165) is 19.3 Å². The number of imide groups is 1. The minimum Gasteiger partial charge on any atom is -0.457 e.